The molecule has 98 valence electrons. The zero-order chi connectivity index (χ0) is 13.3. The summed E-state index contributed by atoms with van der Waals surface area (Å²) in [5.74, 6) is -0.399. The molecule has 2 rings (SSSR count). The average Bonchev–Trinajstić information content (AvgIpc) is 2.70. The number of nitrogens with zero attached hydrogens (tertiary/aromatic N) is 1. The fourth-order valence-electron chi connectivity index (χ4n) is 2.21. The van der Waals surface area contributed by atoms with E-state index in [1.165, 1.54) is 13.0 Å². The Bertz CT molecular complexity index is 481. The van der Waals surface area contributed by atoms with Gasteiger partial charge in [-0.25, -0.2) is 4.39 Å². The predicted molar refractivity (Wildman–Crippen MR) is 72.9 cm³/mol. The van der Waals surface area contributed by atoms with E-state index in [1.807, 2.05) is 0 Å². The van der Waals surface area contributed by atoms with Crippen molar-refractivity contribution in [2.45, 2.75) is 19.4 Å². The van der Waals surface area contributed by atoms with E-state index in [9.17, 15) is 9.18 Å². The Morgan fingerprint density at radius 1 is 1.61 bits per heavy atom. The van der Waals surface area contributed by atoms with Crippen LogP contribution in [0, 0.1) is 5.82 Å². The molecule has 1 heterocycles. The number of carbonyl (C=O) groups excluding carboxylic acids is 1. The second kappa shape index (κ2) is 5.14. The van der Waals surface area contributed by atoms with E-state index in [2.05, 4.69) is 26.1 Å². The van der Waals surface area contributed by atoms with Crippen molar-refractivity contribution in [3.63, 3.8) is 0 Å². The van der Waals surface area contributed by atoms with E-state index >= 15 is 0 Å². The Morgan fingerprint density at radius 3 is 3.00 bits per heavy atom. The number of benzene rings is 1. The van der Waals surface area contributed by atoms with E-state index in [-0.39, 0.29) is 17.8 Å². The van der Waals surface area contributed by atoms with Gasteiger partial charge in [0.1, 0.15) is 5.82 Å². The molecule has 0 radical (unpaired) electrons. The third-order valence-corrected chi connectivity index (χ3v) is 3.61. The molecule has 1 aliphatic rings. The Hall–Kier alpha value is -1.30. The number of nitrogen functional groups attached to an aromatic ring is 1. The predicted octanol–water partition coefficient (Wildman–Crippen LogP) is 1.89. The summed E-state index contributed by atoms with van der Waals surface area (Å²) in [7, 11) is 0. The van der Waals surface area contributed by atoms with Crippen molar-refractivity contribution in [1.82, 2.24) is 5.32 Å². The van der Waals surface area contributed by atoms with Gasteiger partial charge in [-0.3, -0.25) is 4.79 Å². The minimum Gasteiger partial charge on any atom is -0.397 e. The molecule has 1 amide bonds. The molecule has 1 saturated heterocycles. The Labute approximate surface area is 113 Å². The molecule has 1 fully saturated rings. The molecule has 0 spiro atoms. The van der Waals surface area contributed by atoms with Crippen LogP contribution in [-0.4, -0.2) is 25.0 Å². The number of rotatable bonds is 2. The number of anilines is 2. The van der Waals surface area contributed by atoms with Crippen LogP contribution in [0.1, 0.15) is 13.3 Å². The summed E-state index contributed by atoms with van der Waals surface area (Å²) < 4.78 is 13.7. The standard InChI is InChI=1S/C12H15BrFN3O/c1-7(18)16-8-2-3-17(6-8)12-4-9(13)10(14)5-11(12)15/h4-5,8H,2-3,6,15H2,1H3,(H,16,18). The van der Waals surface area contributed by atoms with Crippen LogP contribution in [0.2, 0.25) is 0 Å². The SMILES string of the molecule is CC(=O)NC1CCN(c2cc(Br)c(F)cc2N)C1. The second-order valence-electron chi connectivity index (χ2n) is 4.46. The Morgan fingerprint density at radius 2 is 2.33 bits per heavy atom. The van der Waals surface area contributed by atoms with Crippen molar-refractivity contribution in [1.29, 1.82) is 0 Å². The number of carbonyl (C=O) groups is 1. The van der Waals surface area contributed by atoms with Crippen molar-refractivity contribution in [3.05, 3.63) is 22.4 Å². The summed E-state index contributed by atoms with van der Waals surface area (Å²) in [6, 6.07) is 3.12. The number of hydrogen-bond donors (Lipinski definition) is 2. The minimum absolute atomic E-state index is 0.0323. The third kappa shape index (κ3) is 2.75. The minimum atomic E-state index is -0.367. The fraction of sp³-hybridized carbons (Fsp3) is 0.417. The summed E-state index contributed by atoms with van der Waals surface area (Å²) in [6.45, 7) is 3.00. The lowest BCUT2D eigenvalue weighted by Gasteiger charge is -2.21. The van der Waals surface area contributed by atoms with Crippen LogP contribution in [0.15, 0.2) is 16.6 Å². The first kappa shape index (κ1) is 13.1. The summed E-state index contributed by atoms with van der Waals surface area (Å²) in [5, 5.41) is 2.88. The summed E-state index contributed by atoms with van der Waals surface area (Å²) >= 11 is 3.16. The molecule has 0 aliphatic carbocycles. The molecule has 1 atom stereocenters. The van der Waals surface area contributed by atoms with Crippen LogP contribution < -0.4 is 16.0 Å². The number of halogens is 2. The van der Waals surface area contributed by atoms with Gasteiger partial charge in [0.2, 0.25) is 5.91 Å². The summed E-state index contributed by atoms with van der Waals surface area (Å²) in [6.07, 6.45) is 0.869. The molecule has 4 nitrogen and oxygen atoms in total. The van der Waals surface area contributed by atoms with E-state index in [4.69, 9.17) is 5.73 Å². The fourth-order valence-corrected chi connectivity index (χ4v) is 2.54. The average molecular weight is 316 g/mol. The zero-order valence-electron chi connectivity index (χ0n) is 10.0. The topological polar surface area (TPSA) is 58.4 Å². The highest BCUT2D eigenvalue weighted by Gasteiger charge is 2.25. The van der Waals surface area contributed by atoms with Crippen LogP contribution in [-0.2, 0) is 4.79 Å². The highest BCUT2D eigenvalue weighted by molar-refractivity contribution is 9.10. The van der Waals surface area contributed by atoms with Gasteiger partial charge in [0.25, 0.3) is 0 Å². The highest BCUT2D eigenvalue weighted by atomic mass is 79.9. The van der Waals surface area contributed by atoms with Gasteiger partial charge in [0.05, 0.1) is 15.8 Å². The maximum atomic E-state index is 13.3. The second-order valence-corrected chi connectivity index (χ2v) is 5.31. The van der Waals surface area contributed by atoms with Crippen LogP contribution in [0.3, 0.4) is 0 Å². The quantitative estimate of drug-likeness (QED) is 0.819. The monoisotopic (exact) mass is 315 g/mol. The van der Waals surface area contributed by atoms with Gasteiger partial charge in [-0.15, -0.1) is 0 Å². The molecule has 1 aliphatic heterocycles. The Kier molecular flexibility index (Phi) is 3.75. The van der Waals surface area contributed by atoms with E-state index in [0.717, 1.165) is 18.7 Å². The molecule has 18 heavy (non-hydrogen) atoms. The summed E-state index contributed by atoms with van der Waals surface area (Å²) in [4.78, 5) is 13.1. The van der Waals surface area contributed by atoms with Gasteiger partial charge in [-0.1, -0.05) is 0 Å². The van der Waals surface area contributed by atoms with Gasteiger partial charge in [-0.2, -0.15) is 0 Å². The summed E-state index contributed by atoms with van der Waals surface area (Å²) in [5.41, 5.74) is 7.04. The van der Waals surface area contributed by atoms with Gasteiger partial charge < -0.3 is 16.0 Å². The van der Waals surface area contributed by atoms with Gasteiger partial charge in [-0.05, 0) is 28.4 Å². The highest BCUT2D eigenvalue weighted by Crippen LogP contribution is 2.31. The first-order valence-electron chi connectivity index (χ1n) is 5.74. The van der Waals surface area contributed by atoms with Crippen molar-refractivity contribution >= 4 is 33.2 Å². The zero-order valence-corrected chi connectivity index (χ0v) is 11.6. The first-order chi connectivity index (χ1) is 8.47. The van der Waals surface area contributed by atoms with Crippen molar-refractivity contribution in [2.24, 2.45) is 0 Å². The molecule has 3 N–H and O–H groups in total. The van der Waals surface area contributed by atoms with E-state index < -0.39 is 0 Å². The number of nitrogens with two attached hydrogens (primary N) is 1. The maximum Gasteiger partial charge on any atom is 0.217 e. The van der Waals surface area contributed by atoms with Crippen LogP contribution in [0.4, 0.5) is 15.8 Å². The van der Waals surface area contributed by atoms with Gasteiger partial charge >= 0.3 is 0 Å². The number of hydrogen-bond acceptors (Lipinski definition) is 3. The molecular weight excluding hydrogens is 301 g/mol. The van der Waals surface area contributed by atoms with Crippen LogP contribution >= 0.6 is 15.9 Å². The van der Waals surface area contributed by atoms with Crippen molar-refractivity contribution in [2.75, 3.05) is 23.7 Å². The lowest BCUT2D eigenvalue weighted by molar-refractivity contribution is -0.119. The normalized spacial score (nSPS) is 19.1. The van der Waals surface area contributed by atoms with Crippen molar-refractivity contribution in [3.8, 4) is 0 Å². The van der Waals surface area contributed by atoms with Gasteiger partial charge in [0.15, 0.2) is 0 Å². The Balaban J connectivity index is 2.14. The first-order valence-corrected chi connectivity index (χ1v) is 6.53. The molecule has 0 bridgehead atoms. The van der Waals surface area contributed by atoms with E-state index in [1.54, 1.807) is 6.07 Å². The molecule has 1 aromatic rings. The van der Waals surface area contributed by atoms with Crippen LogP contribution in [0.25, 0.3) is 0 Å². The molecule has 6 heteroatoms. The van der Waals surface area contributed by atoms with E-state index in [0.29, 0.717) is 16.7 Å². The number of amides is 1. The molecule has 1 unspecified atom stereocenters. The largest absolute Gasteiger partial charge is 0.397 e. The third-order valence-electron chi connectivity index (χ3n) is 3.01. The van der Waals surface area contributed by atoms with Crippen molar-refractivity contribution < 1.29 is 9.18 Å². The number of nitrogens with one attached hydrogen (secondary N) is 1. The molecular formula is C12H15BrFN3O. The maximum absolute atomic E-state index is 13.3. The lowest BCUT2D eigenvalue weighted by Crippen LogP contribution is -2.35. The molecule has 1 aromatic carbocycles. The van der Waals surface area contributed by atoms with Gasteiger partial charge in [0, 0.05) is 32.1 Å². The smallest absolute Gasteiger partial charge is 0.217 e. The molecule has 0 saturated carbocycles. The lowest BCUT2D eigenvalue weighted by atomic mass is 10.2. The van der Waals surface area contributed by atoms with Crippen LogP contribution in [0.5, 0.6) is 0 Å². The molecule has 0 aromatic heterocycles.